The number of amides is 2. The number of nitrogens with one attached hydrogen (secondary N) is 2. The number of carbonyl (C=O) groups is 2. The first kappa shape index (κ1) is 17.8. The smallest absolute Gasteiger partial charge is 0.224 e. The van der Waals surface area contributed by atoms with Gasteiger partial charge in [0.1, 0.15) is 11.5 Å². The monoisotopic (exact) mass is 354 g/mol. The Morgan fingerprint density at radius 3 is 2.77 bits per heavy atom. The minimum absolute atomic E-state index is 0.111. The van der Waals surface area contributed by atoms with E-state index in [9.17, 15) is 9.59 Å². The summed E-state index contributed by atoms with van der Waals surface area (Å²) in [4.78, 5) is 23.5. The van der Waals surface area contributed by atoms with Crippen molar-refractivity contribution < 1.29 is 19.1 Å². The number of benzene rings is 2. The third kappa shape index (κ3) is 4.33. The van der Waals surface area contributed by atoms with Crippen molar-refractivity contribution in [1.29, 1.82) is 0 Å². The van der Waals surface area contributed by atoms with Crippen LogP contribution < -0.4 is 20.1 Å². The molecule has 2 amide bonds. The highest BCUT2D eigenvalue weighted by Crippen LogP contribution is 2.29. The van der Waals surface area contributed by atoms with Crippen LogP contribution in [-0.2, 0) is 22.4 Å². The lowest BCUT2D eigenvalue weighted by Gasteiger charge is -2.12. The molecule has 0 radical (unpaired) electrons. The lowest BCUT2D eigenvalue weighted by atomic mass is 10.0. The Kier molecular flexibility index (Phi) is 5.41. The van der Waals surface area contributed by atoms with E-state index >= 15 is 0 Å². The van der Waals surface area contributed by atoms with E-state index in [1.54, 1.807) is 18.2 Å². The first-order chi connectivity index (χ1) is 12.5. The minimum Gasteiger partial charge on any atom is -0.495 e. The van der Waals surface area contributed by atoms with Gasteiger partial charge in [0.2, 0.25) is 11.8 Å². The molecule has 0 bridgehead atoms. The molecule has 0 atom stereocenters. The maximum absolute atomic E-state index is 12.3. The van der Waals surface area contributed by atoms with Crippen molar-refractivity contribution in [3.63, 3.8) is 0 Å². The highest BCUT2D eigenvalue weighted by Gasteiger charge is 2.13. The Morgan fingerprint density at radius 2 is 2.00 bits per heavy atom. The summed E-state index contributed by atoms with van der Waals surface area (Å²) < 4.78 is 10.8. The fourth-order valence-corrected chi connectivity index (χ4v) is 2.95. The Hall–Kier alpha value is -3.02. The largest absolute Gasteiger partial charge is 0.495 e. The molecular formula is C20H22N2O4. The molecule has 3 rings (SSSR count). The maximum Gasteiger partial charge on any atom is 0.224 e. The average Bonchev–Trinajstić information content (AvgIpc) is 3.07. The van der Waals surface area contributed by atoms with Crippen molar-refractivity contribution in [2.45, 2.75) is 26.2 Å². The second-order valence-corrected chi connectivity index (χ2v) is 6.18. The quantitative estimate of drug-likeness (QED) is 0.835. The van der Waals surface area contributed by atoms with Gasteiger partial charge in [-0.3, -0.25) is 9.59 Å². The molecule has 2 aromatic carbocycles. The number of carbonyl (C=O) groups excluding carboxylic acids is 2. The summed E-state index contributed by atoms with van der Waals surface area (Å²) in [6.07, 6.45) is 1.92. The predicted molar refractivity (Wildman–Crippen MR) is 99.9 cm³/mol. The summed E-state index contributed by atoms with van der Waals surface area (Å²) in [5, 5.41) is 5.55. The van der Waals surface area contributed by atoms with Crippen LogP contribution >= 0.6 is 0 Å². The van der Waals surface area contributed by atoms with Crippen LogP contribution in [0.5, 0.6) is 11.5 Å². The van der Waals surface area contributed by atoms with Gasteiger partial charge in [0.15, 0.2) is 0 Å². The van der Waals surface area contributed by atoms with Crippen LogP contribution in [-0.4, -0.2) is 25.5 Å². The molecule has 136 valence electrons. The second kappa shape index (κ2) is 7.91. The predicted octanol–water partition coefficient (Wildman–Crippen LogP) is 3.16. The Morgan fingerprint density at radius 1 is 1.15 bits per heavy atom. The number of rotatable bonds is 6. The summed E-state index contributed by atoms with van der Waals surface area (Å²) >= 11 is 0. The van der Waals surface area contributed by atoms with Crippen LogP contribution in [0.3, 0.4) is 0 Å². The highest BCUT2D eigenvalue weighted by atomic mass is 16.5. The van der Waals surface area contributed by atoms with Crippen LogP contribution in [0, 0.1) is 0 Å². The summed E-state index contributed by atoms with van der Waals surface area (Å²) in [5.41, 5.74) is 3.45. The van der Waals surface area contributed by atoms with E-state index in [2.05, 4.69) is 16.7 Å². The third-order valence-electron chi connectivity index (χ3n) is 4.19. The van der Waals surface area contributed by atoms with Gasteiger partial charge in [0.25, 0.3) is 0 Å². The molecule has 0 unspecified atom stereocenters. The topological polar surface area (TPSA) is 76.7 Å². The lowest BCUT2D eigenvalue weighted by molar-refractivity contribution is -0.116. The molecule has 1 aliphatic heterocycles. The van der Waals surface area contributed by atoms with E-state index in [-0.39, 0.29) is 11.8 Å². The van der Waals surface area contributed by atoms with Crippen LogP contribution in [0.2, 0.25) is 0 Å². The van der Waals surface area contributed by atoms with Gasteiger partial charge in [0, 0.05) is 25.5 Å². The molecule has 1 heterocycles. The molecule has 1 aliphatic rings. The fraction of sp³-hybridized carbons (Fsp3) is 0.300. The first-order valence-corrected chi connectivity index (χ1v) is 8.55. The molecule has 0 saturated carbocycles. The molecule has 0 aromatic heterocycles. The van der Waals surface area contributed by atoms with Crippen LogP contribution in [0.1, 0.15) is 24.5 Å². The molecule has 6 heteroatoms. The van der Waals surface area contributed by atoms with Crippen molar-refractivity contribution in [3.05, 3.63) is 47.5 Å². The summed E-state index contributed by atoms with van der Waals surface area (Å²) in [5.74, 6) is 1.20. The maximum atomic E-state index is 12.3. The van der Waals surface area contributed by atoms with Gasteiger partial charge in [0.05, 0.1) is 19.4 Å². The molecule has 0 fully saturated rings. The standard InChI is InChI=1S/C20H22N2O4/c1-13(23)21-16-5-7-19(25-2)17(12-16)22-20(24)8-4-14-3-6-18-15(11-14)9-10-26-18/h3,5-7,11-12H,4,8-10H2,1-2H3,(H,21,23)(H,22,24). The summed E-state index contributed by atoms with van der Waals surface area (Å²) in [6.45, 7) is 2.16. The first-order valence-electron chi connectivity index (χ1n) is 8.55. The normalized spacial score (nSPS) is 12.1. The third-order valence-corrected chi connectivity index (χ3v) is 4.19. The van der Waals surface area contributed by atoms with E-state index in [1.165, 1.54) is 19.6 Å². The molecule has 0 aliphatic carbocycles. The zero-order chi connectivity index (χ0) is 18.5. The molecule has 26 heavy (non-hydrogen) atoms. The molecule has 0 spiro atoms. The van der Waals surface area contributed by atoms with Gasteiger partial charge in [-0.25, -0.2) is 0 Å². The number of hydrogen-bond donors (Lipinski definition) is 2. The molecule has 0 saturated heterocycles. The van der Waals surface area contributed by atoms with Gasteiger partial charge < -0.3 is 20.1 Å². The van der Waals surface area contributed by atoms with Crippen molar-refractivity contribution in [2.24, 2.45) is 0 Å². The number of ether oxygens (including phenoxy) is 2. The highest BCUT2D eigenvalue weighted by molar-refractivity contribution is 5.95. The second-order valence-electron chi connectivity index (χ2n) is 6.18. The number of hydrogen-bond acceptors (Lipinski definition) is 4. The fourth-order valence-electron chi connectivity index (χ4n) is 2.95. The van der Waals surface area contributed by atoms with Gasteiger partial charge in [-0.2, -0.15) is 0 Å². The van der Waals surface area contributed by atoms with E-state index in [1.807, 2.05) is 12.1 Å². The van der Waals surface area contributed by atoms with Gasteiger partial charge in [-0.15, -0.1) is 0 Å². The van der Waals surface area contributed by atoms with Crippen molar-refractivity contribution in [2.75, 3.05) is 24.4 Å². The number of methoxy groups -OCH3 is 1. The molecular weight excluding hydrogens is 332 g/mol. The van der Waals surface area contributed by atoms with Gasteiger partial charge in [-0.1, -0.05) is 12.1 Å². The average molecular weight is 354 g/mol. The van der Waals surface area contributed by atoms with Crippen LogP contribution in [0.15, 0.2) is 36.4 Å². The molecule has 2 N–H and O–H groups in total. The minimum atomic E-state index is -0.173. The van der Waals surface area contributed by atoms with E-state index in [0.29, 0.717) is 30.0 Å². The summed E-state index contributed by atoms with van der Waals surface area (Å²) in [6, 6.07) is 11.2. The number of anilines is 2. The Bertz CT molecular complexity index is 833. The van der Waals surface area contributed by atoms with Crippen LogP contribution in [0.4, 0.5) is 11.4 Å². The Balaban J connectivity index is 1.63. The zero-order valence-electron chi connectivity index (χ0n) is 14.9. The van der Waals surface area contributed by atoms with Crippen LogP contribution in [0.25, 0.3) is 0 Å². The van der Waals surface area contributed by atoms with Gasteiger partial charge >= 0.3 is 0 Å². The zero-order valence-corrected chi connectivity index (χ0v) is 14.9. The van der Waals surface area contributed by atoms with Gasteiger partial charge in [-0.05, 0) is 41.8 Å². The number of fused-ring (bicyclic) bond motifs is 1. The van der Waals surface area contributed by atoms with Crippen molar-refractivity contribution in [1.82, 2.24) is 0 Å². The molecule has 2 aromatic rings. The van der Waals surface area contributed by atoms with E-state index < -0.39 is 0 Å². The van der Waals surface area contributed by atoms with E-state index in [0.717, 1.165) is 24.3 Å². The van der Waals surface area contributed by atoms with Crippen molar-refractivity contribution >= 4 is 23.2 Å². The van der Waals surface area contributed by atoms with Crippen molar-refractivity contribution in [3.8, 4) is 11.5 Å². The summed E-state index contributed by atoms with van der Waals surface area (Å²) in [7, 11) is 1.54. The molecule has 6 nitrogen and oxygen atoms in total. The SMILES string of the molecule is COc1ccc(NC(C)=O)cc1NC(=O)CCc1ccc2c(c1)CCO2. The van der Waals surface area contributed by atoms with E-state index in [4.69, 9.17) is 9.47 Å². The Labute approximate surface area is 152 Å². The number of aryl methyl sites for hydroxylation is 1. The lowest BCUT2D eigenvalue weighted by Crippen LogP contribution is -2.14.